The second-order valence-corrected chi connectivity index (χ2v) is 4.99. The number of anilines is 1. The molecule has 0 unspecified atom stereocenters. The number of hydrogen-bond acceptors (Lipinski definition) is 3. The fourth-order valence-electron chi connectivity index (χ4n) is 2.18. The van der Waals surface area contributed by atoms with Crippen LogP contribution in [0.2, 0.25) is 0 Å². The highest BCUT2D eigenvalue weighted by Gasteiger charge is 2.11. The average Bonchev–Trinajstić information content (AvgIpc) is 2.47. The van der Waals surface area contributed by atoms with Crippen molar-refractivity contribution in [2.75, 3.05) is 12.8 Å². The van der Waals surface area contributed by atoms with Gasteiger partial charge in [0.1, 0.15) is 5.75 Å². The van der Waals surface area contributed by atoms with Crippen LogP contribution in [-0.4, -0.2) is 13.0 Å². The Kier molecular flexibility index (Phi) is 4.82. The van der Waals surface area contributed by atoms with E-state index in [4.69, 9.17) is 10.5 Å². The van der Waals surface area contributed by atoms with Gasteiger partial charge in [0.2, 0.25) is 5.91 Å². The van der Waals surface area contributed by atoms with E-state index in [1.807, 2.05) is 49.4 Å². The van der Waals surface area contributed by atoms with Crippen molar-refractivity contribution in [3.8, 4) is 5.75 Å². The van der Waals surface area contributed by atoms with Crippen molar-refractivity contribution in [3.63, 3.8) is 0 Å². The molecular weight excluding hydrogens is 264 g/mol. The molecule has 0 bridgehead atoms. The van der Waals surface area contributed by atoms with Crippen LogP contribution in [0, 0.1) is 0 Å². The molecule has 0 heterocycles. The third kappa shape index (κ3) is 4.24. The molecule has 0 fully saturated rings. The van der Waals surface area contributed by atoms with Gasteiger partial charge in [0, 0.05) is 5.69 Å². The lowest BCUT2D eigenvalue weighted by molar-refractivity contribution is -0.121. The van der Waals surface area contributed by atoms with Crippen molar-refractivity contribution in [1.29, 1.82) is 0 Å². The number of rotatable bonds is 5. The Bertz CT molecular complexity index is 626. The summed E-state index contributed by atoms with van der Waals surface area (Å²) in [6.07, 6.45) is 0.319. The van der Waals surface area contributed by atoms with E-state index < -0.39 is 0 Å². The minimum Gasteiger partial charge on any atom is -0.497 e. The summed E-state index contributed by atoms with van der Waals surface area (Å²) in [5.41, 5.74) is 8.30. The van der Waals surface area contributed by atoms with Gasteiger partial charge >= 0.3 is 0 Å². The molecule has 0 saturated carbocycles. The van der Waals surface area contributed by atoms with Crippen molar-refractivity contribution < 1.29 is 9.53 Å². The monoisotopic (exact) mass is 284 g/mol. The van der Waals surface area contributed by atoms with E-state index in [2.05, 4.69) is 5.32 Å². The third-order valence-corrected chi connectivity index (χ3v) is 3.29. The van der Waals surface area contributed by atoms with Crippen LogP contribution in [0.5, 0.6) is 5.75 Å². The molecule has 0 saturated heterocycles. The lowest BCUT2D eigenvalue weighted by Crippen LogP contribution is -2.28. The van der Waals surface area contributed by atoms with Crippen molar-refractivity contribution in [2.24, 2.45) is 0 Å². The zero-order valence-electron chi connectivity index (χ0n) is 12.3. The highest BCUT2D eigenvalue weighted by atomic mass is 16.5. The number of ether oxygens (including phenoxy) is 1. The molecule has 0 spiro atoms. The smallest absolute Gasteiger partial charge is 0.224 e. The van der Waals surface area contributed by atoms with Crippen LogP contribution in [0.1, 0.15) is 24.1 Å². The molecule has 4 heteroatoms. The Hall–Kier alpha value is -2.49. The summed E-state index contributed by atoms with van der Waals surface area (Å²) in [5.74, 6) is 0.750. The minimum atomic E-state index is -0.0753. The second-order valence-electron chi connectivity index (χ2n) is 4.99. The van der Waals surface area contributed by atoms with Gasteiger partial charge in [-0.25, -0.2) is 0 Å². The third-order valence-electron chi connectivity index (χ3n) is 3.29. The Labute approximate surface area is 124 Å². The van der Waals surface area contributed by atoms with E-state index in [1.54, 1.807) is 13.2 Å². The van der Waals surface area contributed by atoms with Gasteiger partial charge in [-0.1, -0.05) is 24.3 Å². The summed E-state index contributed by atoms with van der Waals surface area (Å²) in [4.78, 5) is 12.1. The summed E-state index contributed by atoms with van der Waals surface area (Å²) in [6.45, 7) is 1.95. The first-order chi connectivity index (χ1) is 10.1. The van der Waals surface area contributed by atoms with E-state index in [0.29, 0.717) is 12.1 Å². The van der Waals surface area contributed by atoms with Gasteiger partial charge in [0.25, 0.3) is 0 Å². The molecule has 0 aromatic heterocycles. The van der Waals surface area contributed by atoms with Gasteiger partial charge in [-0.2, -0.15) is 0 Å². The molecule has 4 nitrogen and oxygen atoms in total. The lowest BCUT2D eigenvalue weighted by Gasteiger charge is -2.15. The van der Waals surface area contributed by atoms with Crippen molar-refractivity contribution in [2.45, 2.75) is 19.4 Å². The Morgan fingerprint density at radius 1 is 1.24 bits per heavy atom. The fraction of sp³-hybridized carbons (Fsp3) is 0.235. The number of carbonyl (C=O) groups excluding carboxylic acids is 1. The topological polar surface area (TPSA) is 64.3 Å². The summed E-state index contributed by atoms with van der Waals surface area (Å²) in [7, 11) is 1.63. The fourth-order valence-corrected chi connectivity index (χ4v) is 2.18. The molecule has 1 amide bonds. The van der Waals surface area contributed by atoms with Crippen LogP contribution in [-0.2, 0) is 11.2 Å². The van der Waals surface area contributed by atoms with E-state index in [0.717, 1.165) is 16.9 Å². The molecule has 2 aromatic carbocycles. The largest absolute Gasteiger partial charge is 0.497 e. The molecule has 1 atom stereocenters. The van der Waals surface area contributed by atoms with Gasteiger partial charge in [-0.05, 0) is 42.3 Å². The molecule has 2 rings (SSSR count). The van der Waals surface area contributed by atoms with Crippen LogP contribution in [0.3, 0.4) is 0 Å². The second kappa shape index (κ2) is 6.79. The highest BCUT2D eigenvalue weighted by Crippen LogP contribution is 2.19. The normalized spacial score (nSPS) is 11.7. The van der Waals surface area contributed by atoms with Crippen molar-refractivity contribution in [1.82, 2.24) is 5.32 Å². The van der Waals surface area contributed by atoms with E-state index >= 15 is 0 Å². The molecule has 110 valence electrons. The maximum atomic E-state index is 12.1. The highest BCUT2D eigenvalue weighted by molar-refractivity contribution is 5.79. The van der Waals surface area contributed by atoms with Crippen molar-refractivity contribution in [3.05, 3.63) is 59.7 Å². The number of benzene rings is 2. The van der Waals surface area contributed by atoms with E-state index in [9.17, 15) is 4.79 Å². The molecule has 0 aliphatic heterocycles. The summed E-state index contributed by atoms with van der Waals surface area (Å²) in [6, 6.07) is 15.0. The molecule has 0 aliphatic rings. The first kappa shape index (κ1) is 14.9. The summed E-state index contributed by atoms with van der Waals surface area (Å²) >= 11 is 0. The summed E-state index contributed by atoms with van der Waals surface area (Å²) < 4.78 is 5.19. The molecule has 21 heavy (non-hydrogen) atoms. The van der Waals surface area contributed by atoms with Crippen LogP contribution in [0.4, 0.5) is 5.69 Å². The first-order valence-electron chi connectivity index (χ1n) is 6.86. The van der Waals surface area contributed by atoms with E-state index in [1.165, 1.54) is 0 Å². The molecule has 0 aliphatic carbocycles. The van der Waals surface area contributed by atoms with Crippen molar-refractivity contribution >= 4 is 11.6 Å². The molecule has 3 N–H and O–H groups in total. The summed E-state index contributed by atoms with van der Waals surface area (Å²) in [5, 5.41) is 2.98. The predicted molar refractivity (Wildman–Crippen MR) is 84.1 cm³/mol. The number of nitrogens with two attached hydrogens (primary N) is 1. The Morgan fingerprint density at radius 3 is 2.71 bits per heavy atom. The van der Waals surface area contributed by atoms with Gasteiger partial charge in [-0.15, -0.1) is 0 Å². The number of methoxy groups -OCH3 is 1. The van der Waals surface area contributed by atoms with Crippen LogP contribution >= 0.6 is 0 Å². The van der Waals surface area contributed by atoms with Gasteiger partial charge in [0.15, 0.2) is 0 Å². The zero-order chi connectivity index (χ0) is 15.2. The zero-order valence-corrected chi connectivity index (χ0v) is 12.3. The quantitative estimate of drug-likeness (QED) is 0.830. The lowest BCUT2D eigenvalue weighted by atomic mass is 10.1. The standard InChI is InChI=1S/C17H20N2O2/c1-12(14-6-4-8-16(11-14)21-2)19-17(20)10-13-5-3-7-15(18)9-13/h3-9,11-12H,10,18H2,1-2H3,(H,19,20)/t12-/m1/s1. The maximum absolute atomic E-state index is 12.1. The average molecular weight is 284 g/mol. The minimum absolute atomic E-state index is 0.0316. The van der Waals surface area contributed by atoms with Crippen LogP contribution in [0.25, 0.3) is 0 Å². The molecule has 2 aromatic rings. The molecule has 0 radical (unpaired) electrons. The Balaban J connectivity index is 1.98. The number of carbonyl (C=O) groups is 1. The Morgan fingerprint density at radius 2 is 2.00 bits per heavy atom. The van der Waals surface area contributed by atoms with Crippen LogP contribution in [0.15, 0.2) is 48.5 Å². The maximum Gasteiger partial charge on any atom is 0.224 e. The number of hydrogen-bond donors (Lipinski definition) is 2. The van der Waals surface area contributed by atoms with E-state index in [-0.39, 0.29) is 11.9 Å². The van der Waals surface area contributed by atoms with Gasteiger partial charge in [-0.3, -0.25) is 4.79 Å². The number of amides is 1. The molecular formula is C17H20N2O2. The van der Waals surface area contributed by atoms with Gasteiger partial charge in [0.05, 0.1) is 19.6 Å². The number of nitrogen functional groups attached to an aromatic ring is 1. The number of nitrogens with one attached hydrogen (secondary N) is 1. The first-order valence-corrected chi connectivity index (χ1v) is 6.86. The van der Waals surface area contributed by atoms with Gasteiger partial charge < -0.3 is 15.8 Å². The SMILES string of the molecule is COc1cccc([C@@H](C)NC(=O)Cc2cccc(N)c2)c1. The predicted octanol–water partition coefficient (Wildman–Crippen LogP) is 2.70. The van der Waals surface area contributed by atoms with Crippen LogP contribution < -0.4 is 15.8 Å².